The lowest BCUT2D eigenvalue weighted by molar-refractivity contribution is 0.304. The van der Waals surface area contributed by atoms with E-state index < -0.39 is 0 Å². The van der Waals surface area contributed by atoms with Crippen LogP contribution in [0, 0.1) is 17.8 Å². The Morgan fingerprint density at radius 2 is 1.78 bits per heavy atom. The molecular formula is C14H26N4. The van der Waals surface area contributed by atoms with Crippen LogP contribution >= 0.6 is 0 Å². The van der Waals surface area contributed by atoms with Crippen molar-refractivity contribution < 1.29 is 0 Å². The van der Waals surface area contributed by atoms with Gasteiger partial charge in [-0.2, -0.15) is 0 Å². The second-order valence-corrected chi connectivity index (χ2v) is 5.47. The summed E-state index contributed by atoms with van der Waals surface area (Å²) in [5.41, 5.74) is 6.88. The van der Waals surface area contributed by atoms with Crippen LogP contribution in [0.25, 0.3) is 0 Å². The fourth-order valence-corrected chi connectivity index (χ4v) is 2.38. The van der Waals surface area contributed by atoms with Crippen LogP contribution < -0.4 is 11.1 Å². The second-order valence-electron chi connectivity index (χ2n) is 5.47. The molecule has 3 N–H and O–H groups in total. The quantitative estimate of drug-likeness (QED) is 0.814. The molecule has 0 aliphatic rings. The summed E-state index contributed by atoms with van der Waals surface area (Å²) >= 11 is 0. The van der Waals surface area contributed by atoms with Crippen LogP contribution in [0.5, 0.6) is 0 Å². The molecule has 0 amide bonds. The molecule has 4 heteroatoms. The Balaban J connectivity index is 2.76. The highest BCUT2D eigenvalue weighted by molar-refractivity contribution is 5.54. The third kappa shape index (κ3) is 3.59. The maximum atomic E-state index is 5.87. The number of aromatic nitrogens is 2. The monoisotopic (exact) mass is 250 g/mol. The molecule has 0 saturated carbocycles. The molecule has 0 aliphatic heterocycles. The van der Waals surface area contributed by atoms with Gasteiger partial charge in [0.05, 0.1) is 0 Å². The largest absolute Gasteiger partial charge is 0.383 e. The highest BCUT2D eigenvalue weighted by atomic mass is 15.0. The number of rotatable bonds is 6. The van der Waals surface area contributed by atoms with E-state index in [-0.39, 0.29) is 0 Å². The van der Waals surface area contributed by atoms with Crippen LogP contribution in [0.1, 0.15) is 40.2 Å². The van der Waals surface area contributed by atoms with E-state index in [1.807, 2.05) is 0 Å². The van der Waals surface area contributed by atoms with Crippen molar-refractivity contribution in [3.05, 3.63) is 11.9 Å². The first-order valence-electron chi connectivity index (χ1n) is 6.80. The minimum absolute atomic E-state index is 0.584. The van der Waals surface area contributed by atoms with Crippen molar-refractivity contribution in [3.8, 4) is 0 Å². The number of hydrogen-bond acceptors (Lipinski definition) is 4. The summed E-state index contributed by atoms with van der Waals surface area (Å²) in [6.07, 6.45) is 2.37. The van der Waals surface area contributed by atoms with Gasteiger partial charge in [0.25, 0.3) is 0 Å². The first-order valence-corrected chi connectivity index (χ1v) is 6.80. The molecule has 1 aromatic rings. The van der Waals surface area contributed by atoms with Gasteiger partial charge in [0, 0.05) is 12.1 Å². The van der Waals surface area contributed by atoms with Crippen LogP contribution in [-0.2, 0) is 6.42 Å². The lowest BCUT2D eigenvalue weighted by Gasteiger charge is -2.25. The highest BCUT2D eigenvalue weighted by Gasteiger charge is 2.18. The van der Waals surface area contributed by atoms with Crippen LogP contribution in [0.2, 0.25) is 0 Å². The number of nitrogens with two attached hydrogens (primary N) is 1. The third-order valence-corrected chi connectivity index (χ3v) is 3.55. The van der Waals surface area contributed by atoms with E-state index in [9.17, 15) is 0 Å². The van der Waals surface area contributed by atoms with E-state index >= 15 is 0 Å². The maximum Gasteiger partial charge on any atom is 0.134 e. The number of nitrogens with one attached hydrogen (secondary N) is 1. The Morgan fingerprint density at radius 3 is 2.28 bits per heavy atom. The van der Waals surface area contributed by atoms with E-state index in [0.717, 1.165) is 24.3 Å². The fourth-order valence-electron chi connectivity index (χ4n) is 2.38. The zero-order valence-electron chi connectivity index (χ0n) is 12.2. The molecule has 1 rings (SSSR count). The van der Waals surface area contributed by atoms with Crippen LogP contribution in [0.15, 0.2) is 6.33 Å². The standard InChI is InChI=1S/C14H26N4/c1-6-11-13(15)17-8-18-14(11)16-7-12(9(2)3)10(4)5/h8-10,12H,6-7H2,1-5H3,(H3,15,16,17,18). The Hall–Kier alpha value is -1.32. The van der Waals surface area contributed by atoms with E-state index in [4.69, 9.17) is 5.73 Å². The van der Waals surface area contributed by atoms with Crippen molar-refractivity contribution in [1.82, 2.24) is 9.97 Å². The number of nitrogens with zero attached hydrogens (tertiary/aromatic N) is 2. The van der Waals surface area contributed by atoms with E-state index in [2.05, 4.69) is 49.9 Å². The predicted octanol–water partition coefficient (Wildman–Crippen LogP) is 2.96. The minimum Gasteiger partial charge on any atom is -0.383 e. The van der Waals surface area contributed by atoms with Crippen molar-refractivity contribution in [1.29, 1.82) is 0 Å². The molecule has 0 radical (unpaired) electrons. The third-order valence-electron chi connectivity index (χ3n) is 3.55. The minimum atomic E-state index is 0.584. The molecular weight excluding hydrogens is 224 g/mol. The van der Waals surface area contributed by atoms with Crippen molar-refractivity contribution in [2.75, 3.05) is 17.6 Å². The van der Waals surface area contributed by atoms with Gasteiger partial charge >= 0.3 is 0 Å². The van der Waals surface area contributed by atoms with E-state index in [0.29, 0.717) is 23.6 Å². The predicted molar refractivity (Wildman–Crippen MR) is 77.5 cm³/mol. The Morgan fingerprint density at radius 1 is 1.17 bits per heavy atom. The molecule has 0 aliphatic carbocycles. The molecule has 1 aromatic heterocycles. The number of nitrogen functional groups attached to an aromatic ring is 1. The van der Waals surface area contributed by atoms with Gasteiger partial charge in [-0.3, -0.25) is 0 Å². The van der Waals surface area contributed by atoms with Crippen LogP contribution in [-0.4, -0.2) is 16.5 Å². The van der Waals surface area contributed by atoms with Crippen LogP contribution in [0.3, 0.4) is 0 Å². The molecule has 18 heavy (non-hydrogen) atoms. The lowest BCUT2D eigenvalue weighted by Crippen LogP contribution is -2.25. The molecule has 4 nitrogen and oxygen atoms in total. The SMILES string of the molecule is CCc1c(N)ncnc1NCC(C(C)C)C(C)C. The first-order chi connectivity index (χ1) is 8.47. The molecule has 0 fully saturated rings. The lowest BCUT2D eigenvalue weighted by atomic mass is 9.85. The topological polar surface area (TPSA) is 63.8 Å². The van der Waals surface area contributed by atoms with Crippen LogP contribution in [0.4, 0.5) is 11.6 Å². The molecule has 0 saturated heterocycles. The summed E-state index contributed by atoms with van der Waals surface area (Å²) in [6.45, 7) is 12.1. The van der Waals surface area contributed by atoms with E-state index in [1.54, 1.807) is 0 Å². The van der Waals surface area contributed by atoms with Crippen molar-refractivity contribution in [3.63, 3.8) is 0 Å². The smallest absolute Gasteiger partial charge is 0.134 e. The summed E-state index contributed by atoms with van der Waals surface area (Å²) < 4.78 is 0. The van der Waals surface area contributed by atoms with Crippen molar-refractivity contribution in [2.24, 2.45) is 17.8 Å². The number of hydrogen-bond donors (Lipinski definition) is 2. The second kappa shape index (κ2) is 6.57. The molecule has 0 unspecified atom stereocenters. The van der Waals surface area contributed by atoms with Gasteiger partial charge in [-0.1, -0.05) is 34.6 Å². The Labute approximate surface area is 110 Å². The van der Waals surface area contributed by atoms with Gasteiger partial charge in [0.15, 0.2) is 0 Å². The maximum absolute atomic E-state index is 5.87. The molecule has 0 spiro atoms. The zero-order valence-corrected chi connectivity index (χ0v) is 12.2. The number of anilines is 2. The first kappa shape index (κ1) is 14.7. The Bertz CT molecular complexity index is 366. The summed E-state index contributed by atoms with van der Waals surface area (Å²) in [5.74, 6) is 3.41. The summed E-state index contributed by atoms with van der Waals surface area (Å²) in [6, 6.07) is 0. The van der Waals surface area contributed by atoms with Gasteiger partial charge in [-0.15, -0.1) is 0 Å². The summed E-state index contributed by atoms with van der Waals surface area (Å²) in [4.78, 5) is 8.33. The van der Waals surface area contributed by atoms with Gasteiger partial charge in [-0.05, 0) is 24.2 Å². The van der Waals surface area contributed by atoms with Crippen molar-refractivity contribution >= 4 is 11.6 Å². The highest BCUT2D eigenvalue weighted by Crippen LogP contribution is 2.23. The van der Waals surface area contributed by atoms with Gasteiger partial charge in [0.2, 0.25) is 0 Å². The summed E-state index contributed by atoms with van der Waals surface area (Å²) in [7, 11) is 0. The average molecular weight is 250 g/mol. The normalized spacial score (nSPS) is 11.6. The molecule has 1 heterocycles. The van der Waals surface area contributed by atoms with Gasteiger partial charge in [-0.25, -0.2) is 9.97 Å². The fraction of sp³-hybridized carbons (Fsp3) is 0.714. The van der Waals surface area contributed by atoms with E-state index in [1.165, 1.54) is 6.33 Å². The van der Waals surface area contributed by atoms with Crippen molar-refractivity contribution in [2.45, 2.75) is 41.0 Å². The zero-order chi connectivity index (χ0) is 13.7. The summed E-state index contributed by atoms with van der Waals surface area (Å²) in [5, 5.41) is 3.44. The van der Waals surface area contributed by atoms with Gasteiger partial charge < -0.3 is 11.1 Å². The molecule has 0 bridgehead atoms. The van der Waals surface area contributed by atoms with Gasteiger partial charge in [0.1, 0.15) is 18.0 Å². The Kier molecular flexibility index (Phi) is 5.38. The molecule has 102 valence electrons. The molecule has 0 aromatic carbocycles. The molecule has 0 atom stereocenters. The average Bonchev–Trinajstić information content (AvgIpc) is 2.28.